The van der Waals surface area contributed by atoms with Crippen molar-refractivity contribution in [3.8, 4) is 0 Å². The third-order valence-corrected chi connectivity index (χ3v) is 10.4. The molecular weight excluding hydrogens is 388 g/mol. The minimum atomic E-state index is -4.01. The van der Waals surface area contributed by atoms with Gasteiger partial charge >= 0.3 is 0 Å². The van der Waals surface area contributed by atoms with Crippen molar-refractivity contribution >= 4 is 29.7 Å². The normalized spacial score (nSPS) is 36.6. The van der Waals surface area contributed by atoms with Crippen molar-refractivity contribution in [1.82, 2.24) is 9.62 Å². The predicted octanol–water partition coefficient (Wildman–Crippen LogP) is -1.39. The fraction of sp³-hybridized carbons (Fsp3) is 0.571. The lowest BCUT2D eigenvalue weighted by Gasteiger charge is -2.43. The molecule has 11 heteroatoms. The Hall–Kier alpha value is -1.01. The van der Waals surface area contributed by atoms with Crippen LogP contribution in [0.15, 0.2) is 35.2 Å². The smallest absolute Gasteiger partial charge is 0.243 e. The highest BCUT2D eigenvalue weighted by molar-refractivity contribution is 7.92. The second-order valence-electron chi connectivity index (χ2n) is 6.82. The first-order chi connectivity index (χ1) is 11.6. The molecule has 0 spiro atoms. The van der Waals surface area contributed by atoms with Gasteiger partial charge in [0.25, 0.3) is 0 Å². The van der Waals surface area contributed by atoms with E-state index in [1.807, 2.05) is 0 Å². The monoisotopic (exact) mass is 406 g/mol. The van der Waals surface area contributed by atoms with E-state index in [1.54, 1.807) is 18.2 Å². The van der Waals surface area contributed by atoms with Gasteiger partial charge in [0.1, 0.15) is 0 Å². The molecule has 25 heavy (non-hydrogen) atoms. The van der Waals surface area contributed by atoms with Crippen molar-refractivity contribution in [2.45, 2.75) is 29.1 Å². The Morgan fingerprint density at radius 2 is 1.32 bits per heavy atom. The number of hydrogen-bond acceptors (Lipinski definition) is 7. The number of nitrogens with zero attached hydrogens (tertiary/aromatic N) is 1. The highest BCUT2D eigenvalue weighted by Crippen LogP contribution is 2.35. The molecular formula is C14H18N2O6S3. The molecule has 1 aromatic rings. The predicted molar refractivity (Wildman–Crippen MR) is 91.1 cm³/mol. The van der Waals surface area contributed by atoms with Crippen molar-refractivity contribution in [2.75, 3.05) is 23.0 Å². The van der Waals surface area contributed by atoms with Gasteiger partial charge in [-0.05, 0) is 12.1 Å². The summed E-state index contributed by atoms with van der Waals surface area (Å²) in [5.74, 6) is -0.941. The van der Waals surface area contributed by atoms with E-state index in [0.29, 0.717) is 0 Å². The van der Waals surface area contributed by atoms with Gasteiger partial charge < -0.3 is 5.32 Å². The summed E-state index contributed by atoms with van der Waals surface area (Å²) in [5, 5.41) is 3.08. The van der Waals surface area contributed by atoms with Crippen LogP contribution in [0.2, 0.25) is 0 Å². The number of piperazine rings is 1. The van der Waals surface area contributed by atoms with E-state index in [2.05, 4.69) is 5.32 Å². The number of hydrogen-bond donors (Lipinski definition) is 1. The summed E-state index contributed by atoms with van der Waals surface area (Å²) in [5.41, 5.74) is 0. The maximum absolute atomic E-state index is 13.2. The van der Waals surface area contributed by atoms with Crippen molar-refractivity contribution in [1.29, 1.82) is 0 Å². The van der Waals surface area contributed by atoms with Gasteiger partial charge in [-0.15, -0.1) is 0 Å². The quantitative estimate of drug-likeness (QED) is 0.643. The third-order valence-electron chi connectivity index (χ3n) is 5.05. The lowest BCUT2D eigenvalue weighted by molar-refractivity contribution is 0.160. The van der Waals surface area contributed by atoms with Crippen molar-refractivity contribution in [3.05, 3.63) is 30.3 Å². The van der Waals surface area contributed by atoms with E-state index in [4.69, 9.17) is 0 Å². The minimum Gasteiger partial charge on any atom is -0.306 e. The largest absolute Gasteiger partial charge is 0.306 e. The first kappa shape index (κ1) is 17.4. The highest BCUT2D eigenvalue weighted by atomic mass is 32.2. The summed E-state index contributed by atoms with van der Waals surface area (Å²) < 4.78 is 75.9. The molecule has 0 aromatic heterocycles. The summed E-state index contributed by atoms with van der Waals surface area (Å²) >= 11 is 0. The second-order valence-corrected chi connectivity index (χ2v) is 13.0. The van der Waals surface area contributed by atoms with E-state index in [9.17, 15) is 25.3 Å². The van der Waals surface area contributed by atoms with Gasteiger partial charge in [0.15, 0.2) is 19.7 Å². The van der Waals surface area contributed by atoms with Gasteiger partial charge in [-0.1, -0.05) is 18.2 Å². The van der Waals surface area contributed by atoms with Gasteiger partial charge in [0.2, 0.25) is 10.0 Å². The summed E-state index contributed by atoms with van der Waals surface area (Å²) in [6.45, 7) is 0. The lowest BCUT2D eigenvalue weighted by atomic mass is 10.0. The third kappa shape index (κ3) is 2.91. The Morgan fingerprint density at radius 1 is 0.840 bits per heavy atom. The standard InChI is InChI=1S/C14H18N2O6S3/c17-23(18)6-11-13(8-23)16(14-9-24(19,20)7-12(14)15-11)25(21,22)10-4-2-1-3-5-10/h1-5,11-15H,6-9H2/t11-,12+,13-,14+. The Balaban J connectivity index is 1.84. The molecule has 3 saturated heterocycles. The number of rotatable bonds is 2. The van der Waals surface area contributed by atoms with Crippen LogP contribution in [-0.2, 0) is 29.7 Å². The molecule has 3 aliphatic heterocycles. The fourth-order valence-corrected chi connectivity index (χ4v) is 9.99. The zero-order chi connectivity index (χ0) is 18.0. The summed E-state index contributed by atoms with van der Waals surface area (Å²) in [4.78, 5) is 0.0444. The van der Waals surface area contributed by atoms with Crippen LogP contribution in [-0.4, -0.2) is 76.7 Å². The Labute approximate surface area is 147 Å². The van der Waals surface area contributed by atoms with Gasteiger partial charge in [-0.25, -0.2) is 25.3 Å². The lowest BCUT2D eigenvalue weighted by Crippen LogP contribution is -2.67. The highest BCUT2D eigenvalue weighted by Gasteiger charge is 2.57. The molecule has 0 unspecified atom stereocenters. The van der Waals surface area contributed by atoms with E-state index >= 15 is 0 Å². The molecule has 0 radical (unpaired) electrons. The molecule has 4 rings (SSSR count). The summed E-state index contributed by atoms with van der Waals surface area (Å²) in [7, 11) is -10.8. The van der Waals surface area contributed by atoms with E-state index < -0.39 is 53.9 Å². The number of sulfonamides is 1. The van der Waals surface area contributed by atoms with Crippen LogP contribution in [0.4, 0.5) is 0 Å². The van der Waals surface area contributed by atoms with Crippen LogP contribution in [0.5, 0.6) is 0 Å². The second kappa shape index (κ2) is 5.49. The molecule has 0 aliphatic carbocycles. The molecule has 3 heterocycles. The van der Waals surface area contributed by atoms with Crippen LogP contribution in [0, 0.1) is 0 Å². The van der Waals surface area contributed by atoms with Gasteiger partial charge in [0, 0.05) is 12.1 Å². The average Bonchev–Trinajstić information content (AvgIpc) is 2.97. The van der Waals surface area contributed by atoms with Crippen molar-refractivity contribution in [2.24, 2.45) is 0 Å². The minimum absolute atomic E-state index is 0.0444. The van der Waals surface area contributed by atoms with Crippen molar-refractivity contribution < 1.29 is 25.3 Å². The number of benzene rings is 1. The van der Waals surface area contributed by atoms with Crippen LogP contribution in [0.1, 0.15) is 0 Å². The van der Waals surface area contributed by atoms with Gasteiger partial charge in [-0.3, -0.25) is 0 Å². The van der Waals surface area contributed by atoms with Crippen LogP contribution in [0.25, 0.3) is 0 Å². The number of nitrogens with one attached hydrogen (secondary N) is 1. The average molecular weight is 407 g/mol. The molecule has 138 valence electrons. The fourth-order valence-electron chi connectivity index (χ4n) is 4.07. The molecule has 1 N–H and O–H groups in total. The van der Waals surface area contributed by atoms with Crippen molar-refractivity contribution in [3.63, 3.8) is 0 Å². The van der Waals surface area contributed by atoms with Crippen LogP contribution in [0.3, 0.4) is 0 Å². The van der Waals surface area contributed by atoms with E-state index in [1.165, 1.54) is 12.1 Å². The van der Waals surface area contributed by atoms with Crippen LogP contribution >= 0.6 is 0 Å². The maximum Gasteiger partial charge on any atom is 0.243 e. The maximum atomic E-state index is 13.2. The van der Waals surface area contributed by atoms with Gasteiger partial charge in [0.05, 0.1) is 40.0 Å². The zero-order valence-electron chi connectivity index (χ0n) is 13.1. The first-order valence-corrected chi connectivity index (χ1v) is 12.9. The molecule has 0 bridgehead atoms. The Kier molecular flexibility index (Phi) is 3.82. The number of fused-ring (bicyclic) bond motifs is 2. The molecule has 4 atom stereocenters. The summed E-state index contributed by atoms with van der Waals surface area (Å²) in [6.07, 6.45) is 0. The zero-order valence-corrected chi connectivity index (χ0v) is 15.6. The molecule has 0 amide bonds. The SMILES string of the molecule is O=S1(=O)C[C@@H]2[C@@H](C1)N[C@H]1CS(=O)(=O)C[C@@H]1N2S(=O)(=O)c1ccccc1. The Morgan fingerprint density at radius 3 is 1.80 bits per heavy atom. The topological polar surface area (TPSA) is 118 Å². The first-order valence-electron chi connectivity index (χ1n) is 7.85. The molecule has 1 aromatic carbocycles. The molecule has 3 fully saturated rings. The Bertz CT molecular complexity index is 956. The molecule has 0 saturated carbocycles. The van der Waals surface area contributed by atoms with E-state index in [0.717, 1.165) is 4.31 Å². The van der Waals surface area contributed by atoms with Crippen LogP contribution < -0.4 is 5.32 Å². The van der Waals surface area contributed by atoms with Gasteiger partial charge in [-0.2, -0.15) is 4.31 Å². The molecule has 3 aliphatic rings. The summed E-state index contributed by atoms with van der Waals surface area (Å²) in [6, 6.07) is 4.98. The van der Waals surface area contributed by atoms with E-state index in [-0.39, 0.29) is 27.9 Å². The molecule has 8 nitrogen and oxygen atoms in total. The number of sulfone groups is 2.